The summed E-state index contributed by atoms with van der Waals surface area (Å²) < 4.78 is 4.93. The number of carbonyl (C=O) groups excluding carboxylic acids is 1. The van der Waals surface area contributed by atoms with Crippen LogP contribution in [0, 0.1) is 0 Å². The molecule has 4 nitrogen and oxygen atoms in total. The maximum Gasteiger partial charge on any atom is 0.356 e. The summed E-state index contributed by atoms with van der Waals surface area (Å²) in [6.07, 6.45) is 5.39. The molecule has 4 heteroatoms. The molecule has 3 rings (SSSR count). The molecule has 2 aliphatic heterocycles. The Hall–Kier alpha value is -2.23. The van der Waals surface area contributed by atoms with Crippen molar-refractivity contribution < 1.29 is 9.53 Å². The average Bonchev–Trinajstić information content (AvgIpc) is 2.94. The molecule has 0 saturated carbocycles. The van der Waals surface area contributed by atoms with E-state index >= 15 is 0 Å². The fourth-order valence-electron chi connectivity index (χ4n) is 1.93. The van der Waals surface area contributed by atoms with Gasteiger partial charge in [-0.2, -0.15) is 0 Å². The Bertz CT molecular complexity index is 684. The molecular weight excluding hydrogens is 216 g/mol. The summed E-state index contributed by atoms with van der Waals surface area (Å²) in [4.78, 5) is 20.1. The van der Waals surface area contributed by atoms with Gasteiger partial charge < -0.3 is 4.74 Å². The van der Waals surface area contributed by atoms with E-state index in [0.717, 1.165) is 21.8 Å². The Kier molecular flexibility index (Phi) is 2.14. The van der Waals surface area contributed by atoms with Crippen molar-refractivity contribution in [2.75, 3.05) is 6.61 Å². The van der Waals surface area contributed by atoms with Gasteiger partial charge in [-0.15, -0.1) is 0 Å². The third-order valence-electron chi connectivity index (χ3n) is 2.69. The lowest BCUT2D eigenvalue weighted by molar-refractivity contribution is -0.138. The number of hydrogen-bond donors (Lipinski definition) is 0. The van der Waals surface area contributed by atoms with E-state index in [4.69, 9.17) is 4.74 Å². The minimum Gasteiger partial charge on any atom is -0.461 e. The van der Waals surface area contributed by atoms with Crippen molar-refractivity contribution in [1.82, 2.24) is 0 Å². The van der Waals surface area contributed by atoms with Crippen LogP contribution in [0.3, 0.4) is 0 Å². The highest BCUT2D eigenvalue weighted by atomic mass is 16.5. The summed E-state index contributed by atoms with van der Waals surface area (Å²) in [6.45, 7) is 2.13. The number of carbonyl (C=O) groups is 1. The van der Waals surface area contributed by atoms with Crippen molar-refractivity contribution in [3.8, 4) is 0 Å². The lowest BCUT2D eigenvalue weighted by atomic mass is 10.1. The molecule has 0 amide bonds. The molecular formula is C13H10N2O2. The molecule has 0 radical (unpaired) electrons. The van der Waals surface area contributed by atoms with E-state index in [2.05, 4.69) is 9.98 Å². The molecule has 2 aliphatic rings. The molecule has 0 bridgehead atoms. The Morgan fingerprint density at radius 2 is 2.29 bits per heavy atom. The Labute approximate surface area is 97.7 Å². The van der Waals surface area contributed by atoms with Gasteiger partial charge in [-0.1, -0.05) is 6.07 Å². The first-order chi connectivity index (χ1) is 8.29. The first-order valence-electron chi connectivity index (χ1n) is 5.44. The fourth-order valence-corrected chi connectivity index (χ4v) is 1.93. The predicted molar refractivity (Wildman–Crippen MR) is 64.5 cm³/mol. The summed E-state index contributed by atoms with van der Waals surface area (Å²) in [5.41, 5.74) is 2.19. The van der Waals surface area contributed by atoms with Gasteiger partial charge in [-0.3, -0.25) is 4.99 Å². The van der Waals surface area contributed by atoms with Crippen LogP contribution in [-0.2, 0) is 9.53 Å². The van der Waals surface area contributed by atoms with Crippen LogP contribution in [0.5, 0.6) is 0 Å². The quantitative estimate of drug-likeness (QED) is 0.698. The van der Waals surface area contributed by atoms with Crippen molar-refractivity contribution in [3.63, 3.8) is 0 Å². The van der Waals surface area contributed by atoms with E-state index in [1.54, 1.807) is 19.2 Å². The number of hydrogen-bond acceptors (Lipinski definition) is 4. The second-order valence-corrected chi connectivity index (χ2v) is 3.74. The lowest BCUT2D eigenvalue weighted by Crippen LogP contribution is -2.25. The van der Waals surface area contributed by atoms with Crippen LogP contribution in [-0.4, -0.2) is 18.8 Å². The highest BCUT2D eigenvalue weighted by molar-refractivity contribution is 5.98. The minimum atomic E-state index is -0.378. The Morgan fingerprint density at radius 3 is 3.12 bits per heavy atom. The van der Waals surface area contributed by atoms with Gasteiger partial charge in [0, 0.05) is 17.0 Å². The molecule has 0 fully saturated rings. The summed E-state index contributed by atoms with van der Waals surface area (Å²) in [5, 5.41) is 1.78. The van der Waals surface area contributed by atoms with Crippen LogP contribution in [0.15, 0.2) is 27.8 Å². The average molecular weight is 226 g/mol. The number of ether oxygens (including phenoxy) is 1. The highest BCUT2D eigenvalue weighted by Crippen LogP contribution is 2.14. The number of rotatable bonds is 2. The first-order valence-corrected chi connectivity index (χ1v) is 5.44. The van der Waals surface area contributed by atoms with Gasteiger partial charge in [-0.05, 0) is 25.1 Å². The van der Waals surface area contributed by atoms with Gasteiger partial charge in [-0.25, -0.2) is 9.79 Å². The molecule has 0 atom stereocenters. The van der Waals surface area contributed by atoms with Crippen molar-refractivity contribution in [2.24, 2.45) is 9.98 Å². The predicted octanol–water partition coefficient (Wildman–Crippen LogP) is 0.720. The molecule has 17 heavy (non-hydrogen) atoms. The molecule has 84 valence electrons. The van der Waals surface area contributed by atoms with Gasteiger partial charge in [0.25, 0.3) is 0 Å². The summed E-state index contributed by atoms with van der Waals surface area (Å²) in [6, 6.07) is 3.84. The van der Waals surface area contributed by atoms with Crippen LogP contribution in [0.2, 0.25) is 0 Å². The molecule has 0 aliphatic carbocycles. The third-order valence-corrected chi connectivity index (χ3v) is 2.69. The normalized spacial score (nSPS) is 14.5. The summed E-state index contributed by atoms with van der Waals surface area (Å²) in [7, 11) is 0. The first kappa shape index (κ1) is 9.96. The second-order valence-electron chi connectivity index (χ2n) is 3.74. The smallest absolute Gasteiger partial charge is 0.356 e. The zero-order valence-corrected chi connectivity index (χ0v) is 9.30. The van der Waals surface area contributed by atoms with Crippen LogP contribution < -0.4 is 10.6 Å². The minimum absolute atomic E-state index is 0.357. The van der Waals surface area contributed by atoms with Crippen LogP contribution in [0.4, 0.5) is 5.69 Å². The highest BCUT2D eigenvalue weighted by Gasteiger charge is 2.16. The van der Waals surface area contributed by atoms with Gasteiger partial charge in [0.2, 0.25) is 0 Å². The third kappa shape index (κ3) is 1.49. The molecule has 2 heterocycles. The summed E-state index contributed by atoms with van der Waals surface area (Å²) in [5.74, 6) is -0.378. The van der Waals surface area contributed by atoms with Gasteiger partial charge in [0.15, 0.2) is 0 Å². The molecule has 0 N–H and O–H groups in total. The largest absolute Gasteiger partial charge is 0.461 e. The number of fused-ring (bicyclic) bond motifs is 3. The molecule has 1 aromatic rings. The maximum absolute atomic E-state index is 11.6. The van der Waals surface area contributed by atoms with E-state index in [1.165, 1.54) is 0 Å². The zero-order valence-electron chi connectivity index (χ0n) is 9.30. The van der Waals surface area contributed by atoms with Crippen molar-refractivity contribution in [1.29, 1.82) is 0 Å². The number of aliphatic imine (C=N–C) groups is 1. The zero-order chi connectivity index (χ0) is 11.8. The molecule has 0 saturated heterocycles. The summed E-state index contributed by atoms with van der Waals surface area (Å²) >= 11 is 0. The fraction of sp³-hybridized carbons (Fsp3) is 0.154. The van der Waals surface area contributed by atoms with Crippen LogP contribution >= 0.6 is 0 Å². The SMILES string of the molecule is CCOC(=O)C1=Cc2ccc3c(c2=N1)=CC=N3. The maximum atomic E-state index is 11.6. The van der Waals surface area contributed by atoms with Crippen LogP contribution in [0.25, 0.3) is 12.2 Å². The lowest BCUT2D eigenvalue weighted by Gasteiger charge is -1.97. The standard InChI is InChI=1S/C13H10N2O2/c1-2-17-13(16)11-7-8-3-4-10-9(5-6-14-10)12(8)15-11/h3-7H,2H2,1H3. The molecule has 0 spiro atoms. The number of nitrogens with zero attached hydrogens (tertiary/aromatic N) is 2. The second kappa shape index (κ2) is 3.66. The van der Waals surface area contributed by atoms with E-state index < -0.39 is 0 Å². The Morgan fingerprint density at radius 1 is 1.41 bits per heavy atom. The van der Waals surface area contributed by atoms with E-state index in [9.17, 15) is 4.79 Å². The van der Waals surface area contributed by atoms with E-state index in [-0.39, 0.29) is 5.97 Å². The molecule has 0 aromatic heterocycles. The number of benzene rings is 1. The molecule has 1 aromatic carbocycles. The number of esters is 1. The van der Waals surface area contributed by atoms with E-state index in [1.807, 2.05) is 18.2 Å². The van der Waals surface area contributed by atoms with Gasteiger partial charge in [0.05, 0.1) is 17.7 Å². The van der Waals surface area contributed by atoms with Gasteiger partial charge in [0.1, 0.15) is 5.70 Å². The monoisotopic (exact) mass is 226 g/mol. The Balaban J connectivity index is 2.11. The van der Waals surface area contributed by atoms with Crippen molar-refractivity contribution in [3.05, 3.63) is 34.0 Å². The molecule has 0 unspecified atom stereocenters. The van der Waals surface area contributed by atoms with Crippen molar-refractivity contribution >= 4 is 30.0 Å². The van der Waals surface area contributed by atoms with Gasteiger partial charge >= 0.3 is 5.97 Å². The van der Waals surface area contributed by atoms with E-state index in [0.29, 0.717) is 12.3 Å². The topological polar surface area (TPSA) is 51.0 Å². The van der Waals surface area contributed by atoms with Crippen molar-refractivity contribution in [2.45, 2.75) is 6.92 Å². The van der Waals surface area contributed by atoms with Crippen LogP contribution in [0.1, 0.15) is 12.5 Å².